The Kier molecular flexibility index (Phi) is 7.15. The quantitative estimate of drug-likeness (QED) is 0.502. The van der Waals surface area contributed by atoms with Gasteiger partial charge in [0.05, 0.1) is 18.1 Å². The highest BCUT2D eigenvalue weighted by molar-refractivity contribution is 7.89. The first kappa shape index (κ1) is 22.4. The Hall–Kier alpha value is -2.79. The van der Waals surface area contributed by atoms with Gasteiger partial charge in [-0.15, -0.1) is 11.3 Å². The SMILES string of the molecule is O=C(OCc1cccc(S(=O)(=O)N2CCOCC2)c1)c1csc(NCc2ccccc2)n1. The maximum atomic E-state index is 12.8. The van der Waals surface area contributed by atoms with Crippen molar-refractivity contribution in [2.24, 2.45) is 0 Å². The number of nitrogens with one attached hydrogen (secondary N) is 1. The van der Waals surface area contributed by atoms with Gasteiger partial charge < -0.3 is 14.8 Å². The first-order chi connectivity index (χ1) is 15.5. The Morgan fingerprint density at radius 1 is 1.09 bits per heavy atom. The normalized spacial score (nSPS) is 14.8. The number of nitrogens with zero attached hydrogens (tertiary/aromatic N) is 2. The van der Waals surface area contributed by atoms with E-state index in [1.165, 1.54) is 21.7 Å². The molecule has 1 fully saturated rings. The second-order valence-corrected chi connectivity index (χ2v) is 9.91. The lowest BCUT2D eigenvalue weighted by molar-refractivity contribution is 0.0466. The van der Waals surface area contributed by atoms with Crippen LogP contribution in [0.3, 0.4) is 0 Å². The summed E-state index contributed by atoms with van der Waals surface area (Å²) in [5.41, 5.74) is 1.91. The van der Waals surface area contributed by atoms with Crippen LogP contribution in [0, 0.1) is 0 Å². The molecule has 1 N–H and O–H groups in total. The fourth-order valence-electron chi connectivity index (χ4n) is 3.18. The van der Waals surface area contributed by atoms with Crippen LogP contribution in [-0.4, -0.2) is 50.0 Å². The zero-order chi connectivity index (χ0) is 22.4. The lowest BCUT2D eigenvalue weighted by Crippen LogP contribution is -2.40. The van der Waals surface area contributed by atoms with Crippen LogP contribution < -0.4 is 5.32 Å². The molecule has 0 bridgehead atoms. The van der Waals surface area contributed by atoms with Crippen molar-refractivity contribution in [3.63, 3.8) is 0 Å². The van der Waals surface area contributed by atoms with E-state index in [1.54, 1.807) is 23.6 Å². The Morgan fingerprint density at radius 3 is 2.62 bits per heavy atom. The fourth-order valence-corrected chi connectivity index (χ4v) is 5.33. The molecular weight excluding hydrogens is 450 g/mol. The summed E-state index contributed by atoms with van der Waals surface area (Å²) in [6.07, 6.45) is 0. The first-order valence-electron chi connectivity index (χ1n) is 10.1. The molecule has 168 valence electrons. The molecule has 0 unspecified atom stereocenters. The number of benzene rings is 2. The third-order valence-corrected chi connectivity index (χ3v) is 7.57. The zero-order valence-corrected chi connectivity index (χ0v) is 18.9. The molecule has 1 aliphatic rings. The summed E-state index contributed by atoms with van der Waals surface area (Å²) in [7, 11) is -3.61. The molecule has 0 aliphatic carbocycles. The Labute approximate surface area is 190 Å². The van der Waals surface area contributed by atoms with E-state index in [9.17, 15) is 13.2 Å². The summed E-state index contributed by atoms with van der Waals surface area (Å²) >= 11 is 1.32. The molecule has 2 heterocycles. The number of rotatable bonds is 8. The predicted octanol–water partition coefficient (Wildman–Crippen LogP) is 3.13. The van der Waals surface area contributed by atoms with Crippen LogP contribution in [-0.2, 0) is 32.6 Å². The molecule has 0 spiro atoms. The minimum absolute atomic E-state index is 0.0460. The molecule has 32 heavy (non-hydrogen) atoms. The van der Waals surface area contributed by atoms with Gasteiger partial charge in [0.15, 0.2) is 10.8 Å². The van der Waals surface area contributed by atoms with Gasteiger partial charge in [0.1, 0.15) is 6.61 Å². The van der Waals surface area contributed by atoms with Crippen molar-refractivity contribution in [3.05, 3.63) is 76.8 Å². The van der Waals surface area contributed by atoms with Crippen LogP contribution in [0.25, 0.3) is 0 Å². The predicted molar refractivity (Wildman–Crippen MR) is 121 cm³/mol. The molecule has 8 nitrogen and oxygen atoms in total. The highest BCUT2D eigenvalue weighted by Gasteiger charge is 2.26. The fraction of sp³-hybridized carbons (Fsp3) is 0.273. The second-order valence-electron chi connectivity index (χ2n) is 7.12. The molecule has 3 aromatic rings. The smallest absolute Gasteiger partial charge is 0.358 e. The van der Waals surface area contributed by atoms with E-state index in [4.69, 9.17) is 9.47 Å². The van der Waals surface area contributed by atoms with Gasteiger partial charge in [-0.05, 0) is 23.3 Å². The molecule has 1 aliphatic heterocycles. The maximum Gasteiger partial charge on any atom is 0.358 e. The highest BCUT2D eigenvalue weighted by atomic mass is 32.2. The number of carbonyl (C=O) groups is 1. The van der Waals surface area contributed by atoms with Crippen molar-refractivity contribution in [1.82, 2.24) is 9.29 Å². The largest absolute Gasteiger partial charge is 0.456 e. The number of hydrogen-bond acceptors (Lipinski definition) is 8. The lowest BCUT2D eigenvalue weighted by Gasteiger charge is -2.26. The number of morpholine rings is 1. The topological polar surface area (TPSA) is 97.8 Å². The third kappa shape index (κ3) is 5.52. The van der Waals surface area contributed by atoms with Crippen LogP contribution in [0.4, 0.5) is 5.13 Å². The van der Waals surface area contributed by atoms with Gasteiger partial charge in [-0.25, -0.2) is 18.2 Å². The molecule has 4 rings (SSSR count). The van der Waals surface area contributed by atoms with Crippen molar-refractivity contribution in [2.45, 2.75) is 18.0 Å². The van der Waals surface area contributed by atoms with Crippen molar-refractivity contribution >= 4 is 32.5 Å². The number of carbonyl (C=O) groups excluding carboxylic acids is 1. The molecule has 0 amide bonds. The Morgan fingerprint density at radius 2 is 1.84 bits per heavy atom. The van der Waals surface area contributed by atoms with E-state index in [0.717, 1.165) is 5.56 Å². The summed E-state index contributed by atoms with van der Waals surface area (Å²) in [5, 5.41) is 5.44. The van der Waals surface area contributed by atoms with E-state index in [0.29, 0.717) is 43.5 Å². The standard InChI is InChI=1S/C22H23N3O5S2/c26-21(20-16-31-22(24-20)23-14-17-5-2-1-3-6-17)30-15-18-7-4-8-19(13-18)32(27,28)25-9-11-29-12-10-25/h1-8,13,16H,9-12,14-15H2,(H,23,24). The Bertz CT molecular complexity index is 1160. The van der Waals surface area contributed by atoms with Crippen LogP contribution in [0.15, 0.2) is 64.9 Å². The minimum Gasteiger partial charge on any atom is -0.456 e. The van der Waals surface area contributed by atoms with Gasteiger partial charge >= 0.3 is 5.97 Å². The van der Waals surface area contributed by atoms with Crippen molar-refractivity contribution < 1.29 is 22.7 Å². The van der Waals surface area contributed by atoms with Gasteiger partial charge in [-0.2, -0.15) is 4.31 Å². The molecule has 2 aromatic carbocycles. The van der Waals surface area contributed by atoms with Crippen molar-refractivity contribution in [1.29, 1.82) is 0 Å². The number of thiazole rings is 1. The summed E-state index contributed by atoms with van der Waals surface area (Å²) in [5.74, 6) is -0.560. The molecule has 0 saturated carbocycles. The number of esters is 1. The molecule has 10 heteroatoms. The van der Waals surface area contributed by atoms with Crippen LogP contribution in [0.1, 0.15) is 21.6 Å². The van der Waals surface area contributed by atoms with E-state index in [-0.39, 0.29) is 17.2 Å². The summed E-state index contributed by atoms with van der Waals surface area (Å²) < 4.78 is 37.6. The zero-order valence-electron chi connectivity index (χ0n) is 17.3. The van der Waals surface area contributed by atoms with Crippen LogP contribution in [0.5, 0.6) is 0 Å². The monoisotopic (exact) mass is 473 g/mol. The van der Waals surface area contributed by atoms with E-state index in [2.05, 4.69) is 10.3 Å². The molecule has 1 saturated heterocycles. The number of hydrogen-bond donors (Lipinski definition) is 1. The molecule has 0 radical (unpaired) electrons. The Balaban J connectivity index is 1.34. The van der Waals surface area contributed by atoms with E-state index < -0.39 is 16.0 Å². The average molecular weight is 474 g/mol. The van der Waals surface area contributed by atoms with E-state index >= 15 is 0 Å². The van der Waals surface area contributed by atoms with Gasteiger partial charge in [0, 0.05) is 25.0 Å². The number of sulfonamides is 1. The minimum atomic E-state index is -3.61. The second kappa shape index (κ2) is 10.2. The number of aromatic nitrogens is 1. The summed E-state index contributed by atoms with van der Waals surface area (Å²) in [4.78, 5) is 16.8. The molecule has 0 atom stereocenters. The van der Waals surface area contributed by atoms with Crippen molar-refractivity contribution in [3.8, 4) is 0 Å². The maximum absolute atomic E-state index is 12.8. The number of ether oxygens (including phenoxy) is 2. The molecule has 1 aromatic heterocycles. The van der Waals surface area contributed by atoms with Crippen LogP contribution >= 0.6 is 11.3 Å². The lowest BCUT2D eigenvalue weighted by atomic mass is 10.2. The van der Waals surface area contributed by atoms with Gasteiger partial charge in [0.25, 0.3) is 0 Å². The average Bonchev–Trinajstić information content (AvgIpc) is 3.32. The number of anilines is 1. The summed E-state index contributed by atoms with van der Waals surface area (Å²) in [6.45, 7) is 1.97. The van der Waals surface area contributed by atoms with Crippen molar-refractivity contribution in [2.75, 3.05) is 31.6 Å². The third-order valence-electron chi connectivity index (χ3n) is 4.88. The summed E-state index contributed by atoms with van der Waals surface area (Å²) in [6, 6.07) is 16.3. The van der Waals surface area contributed by atoms with E-state index in [1.807, 2.05) is 30.3 Å². The first-order valence-corrected chi connectivity index (χ1v) is 12.4. The van der Waals surface area contributed by atoms with Gasteiger partial charge in [-0.3, -0.25) is 0 Å². The van der Waals surface area contributed by atoms with Gasteiger partial charge in [0.2, 0.25) is 10.0 Å². The van der Waals surface area contributed by atoms with Crippen LogP contribution in [0.2, 0.25) is 0 Å². The highest BCUT2D eigenvalue weighted by Crippen LogP contribution is 2.20. The van der Waals surface area contributed by atoms with Gasteiger partial charge in [-0.1, -0.05) is 42.5 Å². The molecular formula is C22H23N3O5S2.